The summed E-state index contributed by atoms with van der Waals surface area (Å²) in [7, 11) is 0. The summed E-state index contributed by atoms with van der Waals surface area (Å²) < 4.78 is 2.00. The normalized spacial score (nSPS) is 10.9. The van der Waals surface area contributed by atoms with E-state index in [1.807, 2.05) is 53.2 Å². The van der Waals surface area contributed by atoms with Crippen LogP contribution in [0.1, 0.15) is 16.7 Å². The number of anilines is 1. The number of hydrogen-bond acceptors (Lipinski definition) is 7. The number of hydrogen-bond donors (Lipinski definition) is 1. The molecule has 0 saturated heterocycles. The Hall–Kier alpha value is -5.04. The molecule has 1 aromatic heterocycles. The zero-order valence-electron chi connectivity index (χ0n) is 17.1. The van der Waals surface area contributed by atoms with Gasteiger partial charge in [-0.3, -0.25) is 25.7 Å². The maximum atomic E-state index is 11.3. The Labute approximate surface area is 187 Å². The largest absolute Gasteiger partial charge is 0.342 e. The van der Waals surface area contributed by atoms with Crippen LogP contribution in [0.2, 0.25) is 0 Å². The van der Waals surface area contributed by atoms with Crippen molar-refractivity contribution < 1.29 is 9.85 Å². The van der Waals surface area contributed by atoms with Gasteiger partial charge in [0.1, 0.15) is 5.69 Å². The van der Waals surface area contributed by atoms with Crippen molar-refractivity contribution in [3.63, 3.8) is 0 Å². The van der Waals surface area contributed by atoms with Crippen molar-refractivity contribution in [1.82, 2.24) is 4.57 Å². The summed E-state index contributed by atoms with van der Waals surface area (Å²) in [6.07, 6.45) is 3.41. The fraction of sp³-hybridized carbons (Fsp3) is 0.0435. The number of rotatable bonds is 7. The van der Waals surface area contributed by atoms with E-state index in [2.05, 4.69) is 16.6 Å². The lowest BCUT2D eigenvalue weighted by molar-refractivity contribution is -0.393. The number of para-hydroxylation sites is 1. The third-order valence-electron chi connectivity index (χ3n) is 5.08. The number of fused-ring (bicyclic) bond motifs is 1. The van der Waals surface area contributed by atoms with Crippen LogP contribution in [0.15, 0.2) is 78.0 Å². The molecule has 10 heteroatoms. The summed E-state index contributed by atoms with van der Waals surface area (Å²) >= 11 is 0. The molecular formula is C23H16N6O4. The van der Waals surface area contributed by atoms with Gasteiger partial charge in [-0.1, -0.05) is 36.4 Å². The molecule has 0 aliphatic carbocycles. The number of nitrogens with zero attached hydrogens (tertiary/aromatic N) is 5. The van der Waals surface area contributed by atoms with E-state index >= 15 is 0 Å². The minimum Gasteiger partial charge on any atom is -0.342 e. The molecule has 0 aliphatic rings. The third kappa shape index (κ3) is 4.38. The van der Waals surface area contributed by atoms with Gasteiger partial charge in [-0.25, -0.2) is 0 Å². The van der Waals surface area contributed by atoms with E-state index in [4.69, 9.17) is 0 Å². The van der Waals surface area contributed by atoms with Crippen molar-refractivity contribution in [3.05, 3.63) is 110 Å². The van der Waals surface area contributed by atoms with Gasteiger partial charge in [0, 0.05) is 35.3 Å². The van der Waals surface area contributed by atoms with E-state index in [9.17, 15) is 25.5 Å². The number of non-ortho nitro benzene ring substituents is 1. The molecule has 10 nitrogen and oxygen atoms in total. The van der Waals surface area contributed by atoms with Crippen LogP contribution in [0, 0.1) is 31.6 Å². The molecule has 0 radical (unpaired) electrons. The molecule has 162 valence electrons. The number of benzene rings is 3. The van der Waals surface area contributed by atoms with Gasteiger partial charge < -0.3 is 4.57 Å². The lowest BCUT2D eigenvalue weighted by atomic mass is 10.1. The summed E-state index contributed by atoms with van der Waals surface area (Å²) in [4.78, 5) is 20.8. The lowest BCUT2D eigenvalue weighted by Crippen LogP contribution is -2.00. The zero-order valence-corrected chi connectivity index (χ0v) is 17.1. The summed E-state index contributed by atoms with van der Waals surface area (Å²) in [5.41, 5.74) is 4.99. The van der Waals surface area contributed by atoms with Crippen molar-refractivity contribution >= 4 is 34.2 Å². The second-order valence-electron chi connectivity index (χ2n) is 7.08. The average Bonchev–Trinajstić information content (AvgIpc) is 3.16. The molecule has 33 heavy (non-hydrogen) atoms. The van der Waals surface area contributed by atoms with Crippen molar-refractivity contribution in [2.75, 3.05) is 5.43 Å². The Balaban J connectivity index is 1.64. The quantitative estimate of drug-likeness (QED) is 0.248. The molecule has 0 bridgehead atoms. The fourth-order valence-electron chi connectivity index (χ4n) is 3.51. The van der Waals surface area contributed by atoms with Gasteiger partial charge >= 0.3 is 5.69 Å². The van der Waals surface area contributed by atoms with Gasteiger partial charge in [0.05, 0.1) is 33.8 Å². The molecule has 1 heterocycles. The van der Waals surface area contributed by atoms with Gasteiger partial charge in [-0.2, -0.15) is 10.4 Å². The van der Waals surface area contributed by atoms with E-state index in [1.54, 1.807) is 6.07 Å². The van der Waals surface area contributed by atoms with Crippen LogP contribution in [0.5, 0.6) is 0 Å². The van der Waals surface area contributed by atoms with Gasteiger partial charge in [-0.15, -0.1) is 0 Å². The summed E-state index contributed by atoms with van der Waals surface area (Å²) in [5, 5.41) is 36.6. The number of nitro groups is 2. The number of aromatic nitrogens is 1. The summed E-state index contributed by atoms with van der Waals surface area (Å²) in [6.45, 7) is 0.485. The van der Waals surface area contributed by atoms with Crippen LogP contribution >= 0.6 is 0 Å². The summed E-state index contributed by atoms with van der Waals surface area (Å²) in [6, 6.07) is 20.6. The van der Waals surface area contributed by atoms with Crippen LogP contribution in [-0.4, -0.2) is 20.6 Å². The van der Waals surface area contributed by atoms with E-state index in [0.717, 1.165) is 28.1 Å². The first-order chi connectivity index (χ1) is 16.0. The molecule has 3 aromatic carbocycles. The highest BCUT2D eigenvalue weighted by Gasteiger charge is 2.19. The predicted octanol–water partition coefficient (Wildman–Crippen LogP) is 4.82. The fourth-order valence-corrected chi connectivity index (χ4v) is 3.51. The molecule has 0 atom stereocenters. The highest BCUT2D eigenvalue weighted by atomic mass is 16.6. The standard InChI is InChI=1S/C23H16N6O4/c24-12-16-5-1-2-6-17(16)14-27-15-18(20-7-3-4-8-22(20)27)13-25-26-21-10-9-19(28(30)31)11-23(21)29(32)33/h1-11,13,15,26H,14H2/b25-13-. The first-order valence-corrected chi connectivity index (χ1v) is 9.75. The van der Waals surface area contributed by atoms with Crippen LogP contribution in [-0.2, 0) is 6.54 Å². The molecule has 0 unspecified atom stereocenters. The first-order valence-electron chi connectivity index (χ1n) is 9.75. The van der Waals surface area contributed by atoms with Crippen LogP contribution in [0.25, 0.3) is 10.9 Å². The van der Waals surface area contributed by atoms with Gasteiger partial charge in [0.2, 0.25) is 0 Å². The molecular weight excluding hydrogens is 424 g/mol. The van der Waals surface area contributed by atoms with Gasteiger partial charge in [0.15, 0.2) is 0 Å². The maximum absolute atomic E-state index is 11.3. The number of nitriles is 1. The molecule has 0 aliphatic heterocycles. The van der Waals surface area contributed by atoms with Gasteiger partial charge in [-0.05, 0) is 23.8 Å². The molecule has 0 saturated carbocycles. The monoisotopic (exact) mass is 440 g/mol. The molecule has 0 amide bonds. The Kier molecular flexibility index (Phi) is 5.77. The molecule has 0 fully saturated rings. The molecule has 4 aromatic rings. The first kappa shape index (κ1) is 21.2. The Morgan fingerprint density at radius 1 is 1.03 bits per heavy atom. The number of nitro benzene ring substituents is 2. The maximum Gasteiger partial charge on any atom is 0.301 e. The number of hydrazone groups is 1. The van der Waals surface area contributed by atoms with Crippen molar-refractivity contribution in [2.24, 2.45) is 5.10 Å². The molecule has 1 N–H and O–H groups in total. The van der Waals surface area contributed by atoms with Crippen molar-refractivity contribution in [2.45, 2.75) is 6.54 Å². The second-order valence-corrected chi connectivity index (χ2v) is 7.08. The van der Waals surface area contributed by atoms with Crippen LogP contribution in [0.3, 0.4) is 0 Å². The Morgan fingerprint density at radius 3 is 2.55 bits per heavy atom. The minimum atomic E-state index is -0.705. The second kappa shape index (κ2) is 8.99. The SMILES string of the molecule is N#Cc1ccccc1Cn1cc(/C=N\Nc2ccc([N+](=O)[O-])cc2[N+](=O)[O-])c2ccccc21. The predicted molar refractivity (Wildman–Crippen MR) is 123 cm³/mol. The molecule has 4 rings (SSSR count). The van der Waals surface area contributed by atoms with Crippen LogP contribution in [0.4, 0.5) is 17.1 Å². The lowest BCUT2D eigenvalue weighted by Gasteiger charge is -2.07. The zero-order chi connectivity index (χ0) is 23.4. The van der Waals surface area contributed by atoms with E-state index in [0.29, 0.717) is 12.1 Å². The molecule has 0 spiro atoms. The van der Waals surface area contributed by atoms with E-state index < -0.39 is 15.5 Å². The third-order valence-corrected chi connectivity index (χ3v) is 5.08. The number of nitrogens with one attached hydrogen (secondary N) is 1. The Bertz CT molecular complexity index is 1450. The summed E-state index contributed by atoms with van der Waals surface area (Å²) in [5.74, 6) is 0. The topological polar surface area (TPSA) is 139 Å². The smallest absolute Gasteiger partial charge is 0.301 e. The van der Waals surface area contributed by atoms with Gasteiger partial charge in [0.25, 0.3) is 5.69 Å². The minimum absolute atomic E-state index is 0.0357. The van der Waals surface area contributed by atoms with Crippen molar-refractivity contribution in [3.8, 4) is 6.07 Å². The average molecular weight is 440 g/mol. The Morgan fingerprint density at radius 2 is 1.79 bits per heavy atom. The van der Waals surface area contributed by atoms with Crippen molar-refractivity contribution in [1.29, 1.82) is 5.26 Å². The van der Waals surface area contributed by atoms with Crippen LogP contribution < -0.4 is 5.43 Å². The van der Waals surface area contributed by atoms with E-state index in [-0.39, 0.29) is 11.4 Å². The highest BCUT2D eigenvalue weighted by molar-refractivity contribution is 5.99. The van der Waals surface area contributed by atoms with E-state index in [1.165, 1.54) is 18.3 Å². The highest BCUT2D eigenvalue weighted by Crippen LogP contribution is 2.29.